The van der Waals surface area contributed by atoms with Crippen LogP contribution in [0.2, 0.25) is 0 Å². The fourth-order valence-corrected chi connectivity index (χ4v) is 8.31. The van der Waals surface area contributed by atoms with Crippen LogP contribution in [0.15, 0.2) is 60.0 Å². The smallest absolute Gasteiger partial charge is 0.306 e. The summed E-state index contributed by atoms with van der Waals surface area (Å²) in [6.07, 6.45) is 3.55. The van der Waals surface area contributed by atoms with Gasteiger partial charge in [0, 0.05) is 37.5 Å². The van der Waals surface area contributed by atoms with E-state index < -0.39 is 36.0 Å². The second kappa shape index (κ2) is 22.8. The van der Waals surface area contributed by atoms with Crippen molar-refractivity contribution in [3.63, 3.8) is 0 Å². The van der Waals surface area contributed by atoms with Gasteiger partial charge >= 0.3 is 5.97 Å². The Morgan fingerprint density at radius 3 is 2.33 bits per heavy atom. The average molecular weight is 824 g/mol. The van der Waals surface area contributed by atoms with Gasteiger partial charge in [-0.15, -0.1) is 11.3 Å². The zero-order chi connectivity index (χ0) is 42.4. The van der Waals surface area contributed by atoms with E-state index in [1.807, 2.05) is 56.1 Å². The summed E-state index contributed by atoms with van der Waals surface area (Å²) in [4.78, 5) is 62.9. The molecule has 4 rings (SSSR count). The van der Waals surface area contributed by atoms with Crippen LogP contribution in [0.5, 0.6) is 0 Å². The van der Waals surface area contributed by atoms with E-state index in [0.717, 1.165) is 36.9 Å². The molecule has 1 aromatic heterocycles. The summed E-state index contributed by atoms with van der Waals surface area (Å²) in [7, 11) is 3.48. The van der Waals surface area contributed by atoms with Gasteiger partial charge in [0.25, 0.3) is 5.91 Å². The first kappa shape index (κ1) is 46.4. The molecule has 3 aromatic rings. The van der Waals surface area contributed by atoms with Crippen LogP contribution in [0, 0.1) is 23.6 Å². The van der Waals surface area contributed by atoms with Crippen LogP contribution in [0.4, 0.5) is 4.39 Å². The fourth-order valence-electron chi connectivity index (χ4n) is 7.45. The number of piperidine rings is 1. The highest BCUT2D eigenvalue weighted by Gasteiger charge is 2.38. The molecule has 0 saturated carbocycles. The lowest BCUT2D eigenvalue weighted by Crippen LogP contribution is -2.58. The molecule has 3 amide bonds. The number of likely N-dealkylation sites (N-methyl/N-ethyl adjacent to an activating group) is 1. The SMILES string of the molecule is CCC(C)C(NC(=O)C1CCCCN1C)C(=O)N(Cc1ccccc1)C(CC(OCOC)c1nc(C(=O)NC(Cc2ccc(F)cc2)CC(C)C(=O)O)cs1)C(C)C. The van der Waals surface area contributed by atoms with E-state index in [1.165, 1.54) is 30.6 Å². The maximum Gasteiger partial charge on any atom is 0.306 e. The molecule has 7 unspecified atom stereocenters. The Morgan fingerprint density at radius 2 is 1.71 bits per heavy atom. The van der Waals surface area contributed by atoms with Crippen molar-refractivity contribution in [3.8, 4) is 0 Å². The highest BCUT2D eigenvalue weighted by atomic mass is 32.1. The Kier molecular flexibility index (Phi) is 18.2. The quantitative estimate of drug-likeness (QED) is 0.0925. The van der Waals surface area contributed by atoms with Gasteiger partial charge in [0.2, 0.25) is 11.8 Å². The fraction of sp³-hybridized carbons (Fsp3) is 0.568. The summed E-state index contributed by atoms with van der Waals surface area (Å²) in [5, 5.41) is 17.9. The van der Waals surface area contributed by atoms with Crippen LogP contribution in [0.25, 0.3) is 0 Å². The number of amides is 3. The van der Waals surface area contributed by atoms with Crippen molar-refractivity contribution in [2.75, 3.05) is 27.5 Å². The summed E-state index contributed by atoms with van der Waals surface area (Å²) in [5.41, 5.74) is 1.84. The molecule has 7 atom stereocenters. The number of aliphatic carboxylic acids is 1. The Balaban J connectivity index is 1.63. The zero-order valence-electron chi connectivity index (χ0n) is 35.0. The molecule has 318 valence electrons. The van der Waals surface area contributed by atoms with Gasteiger partial charge in [-0.05, 0) is 74.4 Å². The number of nitrogens with zero attached hydrogens (tertiary/aromatic N) is 3. The number of ether oxygens (including phenoxy) is 2. The molecule has 0 aliphatic carbocycles. The lowest BCUT2D eigenvalue weighted by Gasteiger charge is -2.40. The van der Waals surface area contributed by atoms with Gasteiger partial charge in [0.1, 0.15) is 35.5 Å². The number of thiazole rings is 1. The first-order valence-electron chi connectivity index (χ1n) is 20.4. The number of nitrogens with one attached hydrogen (secondary N) is 2. The Labute approximate surface area is 346 Å². The number of methoxy groups -OCH3 is 1. The van der Waals surface area contributed by atoms with E-state index in [2.05, 4.69) is 29.4 Å². The Morgan fingerprint density at radius 1 is 1.00 bits per heavy atom. The van der Waals surface area contributed by atoms with Gasteiger partial charge < -0.3 is 30.1 Å². The third kappa shape index (κ3) is 13.4. The van der Waals surface area contributed by atoms with E-state index in [1.54, 1.807) is 24.4 Å². The summed E-state index contributed by atoms with van der Waals surface area (Å²) in [6, 6.07) is 13.7. The maximum absolute atomic E-state index is 15.0. The number of carbonyl (C=O) groups excluding carboxylic acids is 3. The summed E-state index contributed by atoms with van der Waals surface area (Å²) < 4.78 is 25.2. The number of likely N-dealkylation sites (tertiary alicyclic amines) is 1. The van der Waals surface area contributed by atoms with Crippen LogP contribution in [0.1, 0.15) is 106 Å². The van der Waals surface area contributed by atoms with Crippen molar-refractivity contribution in [1.29, 1.82) is 0 Å². The molecular formula is C44H62FN5O7S. The van der Waals surface area contributed by atoms with E-state index >= 15 is 0 Å². The van der Waals surface area contributed by atoms with Gasteiger partial charge in [-0.1, -0.05) is 89.9 Å². The normalized spacial score (nSPS) is 17.8. The molecule has 2 heterocycles. The minimum atomic E-state index is -0.985. The number of carbonyl (C=O) groups is 4. The first-order chi connectivity index (χ1) is 27.7. The summed E-state index contributed by atoms with van der Waals surface area (Å²) in [5.74, 6) is -3.07. The number of rotatable bonds is 22. The molecule has 3 N–H and O–H groups in total. The van der Waals surface area contributed by atoms with Crippen molar-refractivity contribution in [3.05, 3.63) is 87.6 Å². The van der Waals surface area contributed by atoms with Gasteiger partial charge in [-0.3, -0.25) is 24.1 Å². The molecule has 1 aliphatic rings. The molecule has 0 radical (unpaired) electrons. The molecule has 12 nitrogen and oxygen atoms in total. The number of carboxylic acids is 1. The number of hydrogen-bond donors (Lipinski definition) is 3. The van der Waals surface area contributed by atoms with E-state index in [4.69, 9.17) is 14.5 Å². The van der Waals surface area contributed by atoms with Crippen molar-refractivity contribution >= 4 is 35.0 Å². The number of benzene rings is 2. The Bertz CT molecular complexity index is 1760. The van der Waals surface area contributed by atoms with E-state index in [9.17, 15) is 28.7 Å². The molecule has 14 heteroatoms. The first-order valence-corrected chi connectivity index (χ1v) is 21.3. The number of halogens is 1. The van der Waals surface area contributed by atoms with Crippen LogP contribution in [-0.4, -0.2) is 95.2 Å². The van der Waals surface area contributed by atoms with E-state index in [0.29, 0.717) is 30.8 Å². The van der Waals surface area contributed by atoms with Gasteiger partial charge in [0.05, 0.1) is 12.0 Å². The monoisotopic (exact) mass is 823 g/mol. The highest BCUT2D eigenvalue weighted by Crippen LogP contribution is 2.32. The van der Waals surface area contributed by atoms with Crippen LogP contribution in [-0.2, 0) is 36.8 Å². The minimum Gasteiger partial charge on any atom is -0.481 e. The van der Waals surface area contributed by atoms with Crippen molar-refractivity contribution < 1.29 is 38.1 Å². The largest absolute Gasteiger partial charge is 0.481 e. The number of aromatic nitrogens is 1. The predicted molar refractivity (Wildman–Crippen MR) is 222 cm³/mol. The molecule has 58 heavy (non-hydrogen) atoms. The maximum atomic E-state index is 15.0. The summed E-state index contributed by atoms with van der Waals surface area (Å²) >= 11 is 1.25. The molecular weight excluding hydrogens is 762 g/mol. The van der Waals surface area contributed by atoms with Crippen LogP contribution in [0.3, 0.4) is 0 Å². The van der Waals surface area contributed by atoms with E-state index in [-0.39, 0.29) is 60.5 Å². The second-order valence-electron chi connectivity index (χ2n) is 16.0. The van der Waals surface area contributed by atoms with Crippen molar-refractivity contribution in [1.82, 2.24) is 25.4 Å². The van der Waals surface area contributed by atoms with Gasteiger partial charge in [-0.2, -0.15) is 0 Å². The molecule has 1 aliphatic heterocycles. The highest BCUT2D eigenvalue weighted by molar-refractivity contribution is 7.09. The van der Waals surface area contributed by atoms with Crippen LogP contribution >= 0.6 is 11.3 Å². The second-order valence-corrected chi connectivity index (χ2v) is 16.9. The average Bonchev–Trinajstić information content (AvgIpc) is 3.70. The zero-order valence-corrected chi connectivity index (χ0v) is 35.8. The third-order valence-electron chi connectivity index (χ3n) is 11.2. The topological polar surface area (TPSA) is 150 Å². The summed E-state index contributed by atoms with van der Waals surface area (Å²) in [6.45, 7) is 10.8. The molecule has 1 fully saturated rings. The van der Waals surface area contributed by atoms with Gasteiger partial charge in [0.15, 0.2) is 0 Å². The Hall–Kier alpha value is -4.24. The molecule has 0 spiro atoms. The minimum absolute atomic E-state index is 0.0507. The molecule has 2 aromatic carbocycles. The molecule has 0 bridgehead atoms. The van der Waals surface area contributed by atoms with Crippen molar-refractivity contribution in [2.45, 2.75) is 116 Å². The third-order valence-corrected chi connectivity index (χ3v) is 12.1. The van der Waals surface area contributed by atoms with Gasteiger partial charge in [-0.25, -0.2) is 9.37 Å². The number of carboxylic acid groups (broad SMARTS) is 1. The standard InChI is InChI=1S/C44H62FN5O7S/c1-8-29(4)39(48-41(52)36-16-12-13-21-49(36)6)43(53)50(25-32-14-10-9-11-15-32)37(28(2)3)24-38(57-27-56-7)42-47-35(26-58-42)40(51)46-34(22-30(5)44(54)55)23-31-17-19-33(45)20-18-31/h9-11,14-15,17-20,26,28-30,34,36-39H,8,12-13,16,21-25,27H2,1-7H3,(H,46,51)(H,48,52)(H,54,55). The molecule has 1 saturated heterocycles. The lowest BCUT2D eigenvalue weighted by molar-refractivity contribution is -0.144. The number of hydrogen-bond acceptors (Lipinski definition) is 9. The lowest BCUT2D eigenvalue weighted by atomic mass is 9.91. The predicted octanol–water partition coefficient (Wildman–Crippen LogP) is 6.85. The van der Waals surface area contributed by atoms with Crippen molar-refractivity contribution in [2.24, 2.45) is 17.8 Å². The van der Waals surface area contributed by atoms with Crippen LogP contribution < -0.4 is 10.6 Å².